The number of carbonyl (C=O) groups excluding carboxylic acids is 2. The molecule has 0 spiro atoms. The molecule has 1 fully saturated rings. The molecule has 1 N–H and O–H groups in total. The molecule has 0 aliphatic carbocycles. The van der Waals surface area contributed by atoms with Gasteiger partial charge in [-0.3, -0.25) is 14.5 Å². The highest BCUT2D eigenvalue weighted by Crippen LogP contribution is 2.25. The van der Waals surface area contributed by atoms with Crippen LogP contribution in [0, 0.1) is 11.8 Å². The van der Waals surface area contributed by atoms with Gasteiger partial charge < -0.3 is 9.84 Å². The van der Waals surface area contributed by atoms with Crippen molar-refractivity contribution in [1.29, 1.82) is 0 Å². The Bertz CT molecular complexity index is 247. The maximum absolute atomic E-state index is 11.7. The molecule has 5 heteroatoms. The third-order valence-electron chi connectivity index (χ3n) is 2.97. The molecule has 5 nitrogen and oxygen atoms in total. The van der Waals surface area contributed by atoms with Crippen LogP contribution in [-0.2, 0) is 14.3 Å². The first-order valence-electron chi connectivity index (χ1n) is 5.63. The molecular formula is C11H19NO4. The average Bonchev–Trinajstić information content (AvgIpc) is 2.46. The van der Waals surface area contributed by atoms with E-state index >= 15 is 0 Å². The summed E-state index contributed by atoms with van der Waals surface area (Å²) in [5, 5.41) is 8.49. The van der Waals surface area contributed by atoms with Gasteiger partial charge in [0, 0.05) is 25.0 Å². The van der Waals surface area contributed by atoms with Gasteiger partial charge in [0.2, 0.25) is 11.8 Å². The SMILES string of the molecule is CC1C(=O)N(CCCOCCO)C(=O)C1C. The third-order valence-corrected chi connectivity index (χ3v) is 2.97. The highest BCUT2D eigenvalue weighted by atomic mass is 16.5. The van der Waals surface area contributed by atoms with Gasteiger partial charge in [-0.1, -0.05) is 13.8 Å². The lowest BCUT2D eigenvalue weighted by atomic mass is 10.00. The van der Waals surface area contributed by atoms with Crippen LogP contribution in [0.5, 0.6) is 0 Å². The number of rotatable bonds is 6. The molecule has 1 aliphatic rings. The van der Waals surface area contributed by atoms with Crippen LogP contribution in [0.15, 0.2) is 0 Å². The van der Waals surface area contributed by atoms with Crippen molar-refractivity contribution in [2.24, 2.45) is 11.8 Å². The summed E-state index contributed by atoms with van der Waals surface area (Å²) in [6.45, 7) is 4.74. The van der Waals surface area contributed by atoms with E-state index in [1.54, 1.807) is 13.8 Å². The second-order valence-corrected chi connectivity index (χ2v) is 4.09. The Morgan fingerprint density at radius 2 is 1.75 bits per heavy atom. The fourth-order valence-electron chi connectivity index (χ4n) is 1.74. The van der Waals surface area contributed by atoms with Crippen LogP contribution >= 0.6 is 0 Å². The molecule has 1 saturated heterocycles. The molecular weight excluding hydrogens is 210 g/mol. The van der Waals surface area contributed by atoms with Crippen LogP contribution < -0.4 is 0 Å². The summed E-state index contributed by atoms with van der Waals surface area (Å²) in [6.07, 6.45) is 0.622. The van der Waals surface area contributed by atoms with Crippen molar-refractivity contribution < 1.29 is 19.4 Å². The van der Waals surface area contributed by atoms with Crippen LogP contribution in [-0.4, -0.2) is 48.2 Å². The second kappa shape index (κ2) is 5.96. The standard InChI is InChI=1S/C11H19NO4/c1-8-9(2)11(15)12(10(8)14)4-3-6-16-7-5-13/h8-9,13H,3-7H2,1-2H3. The Morgan fingerprint density at radius 1 is 1.19 bits per heavy atom. The zero-order valence-corrected chi connectivity index (χ0v) is 9.81. The molecule has 1 aliphatic heterocycles. The number of ether oxygens (including phenoxy) is 1. The molecule has 0 radical (unpaired) electrons. The minimum Gasteiger partial charge on any atom is -0.394 e. The number of hydrogen-bond donors (Lipinski definition) is 1. The van der Waals surface area contributed by atoms with Gasteiger partial charge in [-0.2, -0.15) is 0 Å². The third kappa shape index (κ3) is 2.80. The van der Waals surface area contributed by atoms with Gasteiger partial charge in [-0.15, -0.1) is 0 Å². The normalized spacial score (nSPS) is 25.6. The number of amides is 2. The number of likely N-dealkylation sites (tertiary alicyclic amines) is 1. The molecule has 0 aromatic rings. The average molecular weight is 229 g/mol. The highest BCUT2D eigenvalue weighted by Gasteiger charge is 2.41. The Balaban J connectivity index is 2.32. The van der Waals surface area contributed by atoms with E-state index in [-0.39, 0.29) is 30.3 Å². The van der Waals surface area contributed by atoms with Gasteiger partial charge in [0.25, 0.3) is 0 Å². The molecule has 2 atom stereocenters. The van der Waals surface area contributed by atoms with Crippen LogP contribution in [0.3, 0.4) is 0 Å². The van der Waals surface area contributed by atoms with Crippen LogP contribution in [0.4, 0.5) is 0 Å². The summed E-state index contributed by atoms with van der Waals surface area (Å²) in [4.78, 5) is 24.7. The van der Waals surface area contributed by atoms with E-state index in [4.69, 9.17) is 9.84 Å². The fourth-order valence-corrected chi connectivity index (χ4v) is 1.74. The molecule has 0 saturated carbocycles. The number of imide groups is 1. The summed E-state index contributed by atoms with van der Waals surface area (Å²) in [5.74, 6) is -0.573. The number of aliphatic hydroxyl groups excluding tert-OH is 1. The Morgan fingerprint density at radius 3 is 2.25 bits per heavy atom. The van der Waals surface area contributed by atoms with Crippen molar-refractivity contribution in [2.45, 2.75) is 20.3 Å². The van der Waals surface area contributed by atoms with Gasteiger partial charge >= 0.3 is 0 Å². The number of hydrogen-bond acceptors (Lipinski definition) is 4. The molecule has 0 bridgehead atoms. The van der Waals surface area contributed by atoms with E-state index in [1.807, 2.05) is 0 Å². The van der Waals surface area contributed by atoms with Gasteiger partial charge in [0.1, 0.15) is 0 Å². The molecule has 1 rings (SSSR count). The maximum Gasteiger partial charge on any atom is 0.232 e. The van der Waals surface area contributed by atoms with E-state index in [9.17, 15) is 9.59 Å². The van der Waals surface area contributed by atoms with Crippen LogP contribution in [0.1, 0.15) is 20.3 Å². The topological polar surface area (TPSA) is 66.8 Å². The predicted octanol–water partition coefficient (Wildman–Crippen LogP) is 0.0264. The minimum absolute atomic E-state index is 0.00432. The summed E-state index contributed by atoms with van der Waals surface area (Å²) in [6, 6.07) is 0. The summed E-state index contributed by atoms with van der Waals surface area (Å²) >= 11 is 0. The van der Waals surface area contributed by atoms with E-state index in [0.29, 0.717) is 26.2 Å². The lowest BCUT2D eigenvalue weighted by molar-refractivity contribution is -0.140. The molecule has 0 aromatic heterocycles. The molecule has 92 valence electrons. The summed E-state index contributed by atoms with van der Waals surface area (Å²) < 4.78 is 5.07. The van der Waals surface area contributed by atoms with Gasteiger partial charge in [-0.05, 0) is 6.42 Å². The van der Waals surface area contributed by atoms with Crippen molar-refractivity contribution >= 4 is 11.8 Å². The largest absolute Gasteiger partial charge is 0.394 e. The number of aliphatic hydroxyl groups is 1. The predicted molar refractivity (Wildman–Crippen MR) is 57.6 cm³/mol. The van der Waals surface area contributed by atoms with Crippen molar-refractivity contribution in [3.63, 3.8) is 0 Å². The second-order valence-electron chi connectivity index (χ2n) is 4.09. The Labute approximate surface area is 95.4 Å². The number of nitrogens with zero attached hydrogens (tertiary/aromatic N) is 1. The monoisotopic (exact) mass is 229 g/mol. The smallest absolute Gasteiger partial charge is 0.232 e. The Kier molecular flexibility index (Phi) is 4.89. The van der Waals surface area contributed by atoms with Crippen LogP contribution in [0.25, 0.3) is 0 Å². The number of carbonyl (C=O) groups is 2. The zero-order valence-electron chi connectivity index (χ0n) is 9.81. The van der Waals surface area contributed by atoms with Gasteiger partial charge in [0.05, 0.1) is 13.2 Å². The van der Waals surface area contributed by atoms with Crippen molar-refractivity contribution in [1.82, 2.24) is 4.90 Å². The first kappa shape index (κ1) is 13.1. The molecule has 0 aromatic carbocycles. The lowest BCUT2D eigenvalue weighted by Crippen LogP contribution is -2.32. The van der Waals surface area contributed by atoms with Crippen molar-refractivity contribution in [3.05, 3.63) is 0 Å². The zero-order chi connectivity index (χ0) is 12.1. The first-order chi connectivity index (χ1) is 7.59. The van der Waals surface area contributed by atoms with Crippen molar-refractivity contribution in [2.75, 3.05) is 26.4 Å². The first-order valence-corrected chi connectivity index (χ1v) is 5.63. The summed E-state index contributed by atoms with van der Waals surface area (Å²) in [5.41, 5.74) is 0. The lowest BCUT2D eigenvalue weighted by Gasteiger charge is -2.14. The Hall–Kier alpha value is -0.940. The molecule has 1 heterocycles. The van der Waals surface area contributed by atoms with Crippen LogP contribution in [0.2, 0.25) is 0 Å². The van der Waals surface area contributed by atoms with E-state index in [2.05, 4.69) is 0 Å². The van der Waals surface area contributed by atoms with E-state index in [0.717, 1.165) is 0 Å². The molecule has 2 amide bonds. The molecule has 16 heavy (non-hydrogen) atoms. The fraction of sp³-hybridized carbons (Fsp3) is 0.818. The quantitative estimate of drug-likeness (QED) is 0.515. The molecule has 2 unspecified atom stereocenters. The minimum atomic E-state index is -0.203. The van der Waals surface area contributed by atoms with Gasteiger partial charge in [0.15, 0.2) is 0 Å². The van der Waals surface area contributed by atoms with E-state index < -0.39 is 0 Å². The maximum atomic E-state index is 11.7. The highest BCUT2D eigenvalue weighted by molar-refractivity contribution is 6.04. The van der Waals surface area contributed by atoms with E-state index in [1.165, 1.54) is 4.90 Å². The van der Waals surface area contributed by atoms with Crippen molar-refractivity contribution in [3.8, 4) is 0 Å². The van der Waals surface area contributed by atoms with Gasteiger partial charge in [-0.25, -0.2) is 0 Å². The summed E-state index contributed by atoms with van der Waals surface area (Å²) in [7, 11) is 0.